The van der Waals surface area contributed by atoms with Crippen molar-refractivity contribution < 1.29 is 9.59 Å². The first-order chi connectivity index (χ1) is 17.5. The van der Waals surface area contributed by atoms with E-state index in [0.717, 1.165) is 30.6 Å². The number of rotatable bonds is 10. The minimum Gasteiger partial charge on any atom is -0.344 e. The summed E-state index contributed by atoms with van der Waals surface area (Å²) in [4.78, 5) is 28.1. The maximum absolute atomic E-state index is 13.5. The number of unbranched alkanes of at least 4 members (excludes halogenated alkanes) is 1. The highest BCUT2D eigenvalue weighted by molar-refractivity contribution is 6.13. The summed E-state index contributed by atoms with van der Waals surface area (Å²) in [7, 11) is 1.95. The van der Waals surface area contributed by atoms with Crippen molar-refractivity contribution in [3.8, 4) is 0 Å². The van der Waals surface area contributed by atoms with E-state index in [1.165, 1.54) is 11.1 Å². The second kappa shape index (κ2) is 12.0. The van der Waals surface area contributed by atoms with Crippen LogP contribution in [0.25, 0.3) is 0 Å². The van der Waals surface area contributed by atoms with Gasteiger partial charge in [-0.3, -0.25) is 9.59 Å². The molecule has 182 valence electrons. The lowest BCUT2D eigenvalue weighted by molar-refractivity contribution is -0.116. The Bertz CT molecular complexity index is 1300. The van der Waals surface area contributed by atoms with Crippen molar-refractivity contribution in [3.05, 3.63) is 125 Å². The fourth-order valence-corrected chi connectivity index (χ4v) is 4.22. The number of hydrogen-bond acceptors (Lipinski definition) is 3. The lowest BCUT2D eigenvalue weighted by Gasteiger charge is -2.23. The average Bonchev–Trinajstić information content (AvgIpc) is 2.92. The predicted octanol–water partition coefficient (Wildman–Crippen LogP) is 7.35. The van der Waals surface area contributed by atoms with Gasteiger partial charge in [-0.25, -0.2) is 0 Å². The minimum absolute atomic E-state index is 0.0409. The number of carbonyl (C=O) groups is 2. The van der Waals surface area contributed by atoms with Crippen LogP contribution in [0, 0.1) is 6.92 Å². The Morgan fingerprint density at radius 2 is 1.44 bits per heavy atom. The van der Waals surface area contributed by atoms with Crippen molar-refractivity contribution in [2.45, 2.75) is 32.6 Å². The molecule has 4 aromatic carbocycles. The standard InChI is InChI=1S/C32H32N2O2/c1-24-17-20-28(21-18-24)34(2)30-22-19-27(23-29(30)32(36)26-14-7-4-8-15-26)33-31(35)16-10-9-13-25-11-5-3-6-12-25/h3-8,11-12,14-15,17-23H,9-10,13,16H2,1-2H3,(H,33,35). The zero-order valence-electron chi connectivity index (χ0n) is 20.9. The summed E-state index contributed by atoms with van der Waals surface area (Å²) in [6.07, 6.45) is 3.17. The quantitative estimate of drug-likeness (QED) is 0.192. The Balaban J connectivity index is 1.50. The zero-order valence-corrected chi connectivity index (χ0v) is 20.9. The first kappa shape index (κ1) is 24.9. The topological polar surface area (TPSA) is 49.4 Å². The fourth-order valence-electron chi connectivity index (χ4n) is 4.22. The van der Waals surface area contributed by atoms with Crippen molar-refractivity contribution in [1.29, 1.82) is 0 Å². The van der Waals surface area contributed by atoms with E-state index in [9.17, 15) is 9.59 Å². The lowest BCUT2D eigenvalue weighted by atomic mass is 10.00. The van der Waals surface area contributed by atoms with Gasteiger partial charge in [0.2, 0.25) is 5.91 Å². The Hall–Kier alpha value is -4.18. The van der Waals surface area contributed by atoms with E-state index in [1.54, 1.807) is 6.07 Å². The molecule has 4 rings (SSSR count). The molecule has 0 aliphatic heterocycles. The Morgan fingerprint density at radius 1 is 0.778 bits per heavy atom. The molecule has 0 unspecified atom stereocenters. The van der Waals surface area contributed by atoms with E-state index in [-0.39, 0.29) is 11.7 Å². The van der Waals surface area contributed by atoms with Crippen LogP contribution in [-0.4, -0.2) is 18.7 Å². The second-order valence-electron chi connectivity index (χ2n) is 9.06. The van der Waals surface area contributed by atoms with Crippen molar-refractivity contribution in [2.24, 2.45) is 0 Å². The molecule has 0 fully saturated rings. The highest BCUT2D eigenvalue weighted by atomic mass is 16.1. The number of nitrogens with one attached hydrogen (secondary N) is 1. The zero-order chi connectivity index (χ0) is 25.3. The largest absolute Gasteiger partial charge is 0.344 e. The smallest absolute Gasteiger partial charge is 0.224 e. The van der Waals surface area contributed by atoms with E-state index in [0.29, 0.717) is 23.2 Å². The molecule has 0 atom stereocenters. The molecule has 0 aliphatic carbocycles. The third-order valence-electron chi connectivity index (χ3n) is 6.31. The van der Waals surface area contributed by atoms with Crippen LogP contribution in [0.4, 0.5) is 17.1 Å². The van der Waals surface area contributed by atoms with Gasteiger partial charge in [-0.2, -0.15) is 0 Å². The number of carbonyl (C=O) groups excluding carboxylic acids is 2. The Kier molecular flexibility index (Phi) is 8.30. The van der Waals surface area contributed by atoms with Gasteiger partial charge >= 0.3 is 0 Å². The Labute approximate surface area is 213 Å². The van der Waals surface area contributed by atoms with E-state index < -0.39 is 0 Å². The van der Waals surface area contributed by atoms with Gasteiger partial charge in [0.05, 0.1) is 5.69 Å². The molecule has 1 amide bonds. The lowest BCUT2D eigenvalue weighted by Crippen LogP contribution is -2.16. The summed E-state index contributed by atoms with van der Waals surface area (Å²) >= 11 is 0. The van der Waals surface area contributed by atoms with Crippen molar-refractivity contribution in [3.63, 3.8) is 0 Å². The molecule has 0 saturated heterocycles. The van der Waals surface area contributed by atoms with Gasteiger partial charge in [0.15, 0.2) is 5.78 Å². The summed E-state index contributed by atoms with van der Waals surface area (Å²) in [6.45, 7) is 2.05. The molecule has 4 nitrogen and oxygen atoms in total. The normalized spacial score (nSPS) is 10.6. The predicted molar refractivity (Wildman–Crippen MR) is 148 cm³/mol. The van der Waals surface area contributed by atoms with Crippen molar-refractivity contribution in [2.75, 3.05) is 17.3 Å². The van der Waals surface area contributed by atoms with Crippen molar-refractivity contribution >= 4 is 28.8 Å². The maximum Gasteiger partial charge on any atom is 0.224 e. The molecular weight excluding hydrogens is 444 g/mol. The molecule has 4 heteroatoms. The number of nitrogens with zero attached hydrogens (tertiary/aromatic N) is 1. The van der Waals surface area contributed by atoms with E-state index in [1.807, 2.05) is 91.7 Å². The number of ketones is 1. The fraction of sp³-hybridized carbons (Fsp3) is 0.188. The van der Waals surface area contributed by atoms with Gasteiger partial charge in [-0.15, -0.1) is 0 Å². The summed E-state index contributed by atoms with van der Waals surface area (Å²) < 4.78 is 0. The van der Waals surface area contributed by atoms with Crippen LogP contribution < -0.4 is 10.2 Å². The van der Waals surface area contributed by atoms with Crippen LogP contribution in [0.3, 0.4) is 0 Å². The molecule has 4 aromatic rings. The number of aryl methyl sites for hydroxylation is 2. The molecular formula is C32H32N2O2. The summed E-state index contributed by atoms with van der Waals surface area (Å²) in [5.41, 5.74) is 6.02. The maximum atomic E-state index is 13.5. The summed E-state index contributed by atoms with van der Waals surface area (Å²) in [6, 6.07) is 33.3. The minimum atomic E-state index is -0.0801. The van der Waals surface area contributed by atoms with Crippen LogP contribution in [0.15, 0.2) is 103 Å². The van der Waals surface area contributed by atoms with Gasteiger partial charge in [0, 0.05) is 36.0 Å². The first-order valence-corrected chi connectivity index (χ1v) is 12.4. The van der Waals surface area contributed by atoms with E-state index in [4.69, 9.17) is 0 Å². The van der Waals surface area contributed by atoms with Crippen LogP contribution in [-0.2, 0) is 11.2 Å². The van der Waals surface area contributed by atoms with E-state index >= 15 is 0 Å². The molecule has 0 aromatic heterocycles. The molecule has 36 heavy (non-hydrogen) atoms. The van der Waals surface area contributed by atoms with E-state index in [2.05, 4.69) is 29.6 Å². The molecule has 0 spiro atoms. The second-order valence-corrected chi connectivity index (χ2v) is 9.06. The van der Waals surface area contributed by atoms with Gasteiger partial charge in [-0.1, -0.05) is 78.4 Å². The van der Waals surface area contributed by atoms with Gasteiger partial charge in [0.25, 0.3) is 0 Å². The average molecular weight is 477 g/mol. The molecule has 0 radical (unpaired) electrons. The molecule has 0 heterocycles. The highest BCUT2D eigenvalue weighted by Gasteiger charge is 2.18. The Morgan fingerprint density at radius 3 is 2.14 bits per heavy atom. The third-order valence-corrected chi connectivity index (χ3v) is 6.31. The molecule has 0 saturated carbocycles. The number of hydrogen-bond donors (Lipinski definition) is 1. The SMILES string of the molecule is Cc1ccc(N(C)c2ccc(NC(=O)CCCCc3ccccc3)cc2C(=O)c2ccccc2)cc1. The van der Waals surface area contributed by atoms with Crippen molar-refractivity contribution in [1.82, 2.24) is 0 Å². The van der Waals surface area contributed by atoms with Gasteiger partial charge in [0.1, 0.15) is 0 Å². The van der Waals surface area contributed by atoms with Gasteiger partial charge in [-0.05, 0) is 62.1 Å². The van der Waals surface area contributed by atoms with Crippen LogP contribution in [0.5, 0.6) is 0 Å². The monoisotopic (exact) mass is 476 g/mol. The van der Waals surface area contributed by atoms with Crippen LogP contribution in [0.1, 0.15) is 46.3 Å². The molecule has 0 bridgehead atoms. The van der Waals surface area contributed by atoms with Crippen LogP contribution in [0.2, 0.25) is 0 Å². The highest BCUT2D eigenvalue weighted by Crippen LogP contribution is 2.31. The number of benzene rings is 4. The third kappa shape index (κ3) is 6.48. The summed E-state index contributed by atoms with van der Waals surface area (Å²) in [5, 5.41) is 2.99. The first-order valence-electron chi connectivity index (χ1n) is 12.4. The summed E-state index contributed by atoms with van der Waals surface area (Å²) in [5.74, 6) is -0.121. The molecule has 0 aliphatic rings. The van der Waals surface area contributed by atoms with Gasteiger partial charge < -0.3 is 10.2 Å². The number of anilines is 3. The molecule has 1 N–H and O–H groups in total. The number of amides is 1. The van der Waals surface area contributed by atoms with Crippen LogP contribution >= 0.6 is 0 Å².